The number of nitrogens with two attached hydrogens (primary N) is 1. The second-order valence-corrected chi connectivity index (χ2v) is 5.99. The molecule has 1 unspecified atom stereocenters. The zero-order chi connectivity index (χ0) is 12.9. The molecule has 3 nitrogen and oxygen atoms in total. The lowest BCUT2D eigenvalue weighted by Crippen LogP contribution is -2.11. The van der Waals surface area contributed by atoms with Crippen molar-refractivity contribution in [1.29, 1.82) is 0 Å². The highest BCUT2D eigenvalue weighted by molar-refractivity contribution is 9.10. The van der Waals surface area contributed by atoms with E-state index < -0.39 is 0 Å². The first-order valence-corrected chi connectivity index (χ1v) is 6.99. The van der Waals surface area contributed by atoms with E-state index >= 15 is 0 Å². The number of H-pyrrole nitrogens is 1. The summed E-state index contributed by atoms with van der Waals surface area (Å²) < 4.78 is 1.04. The molecule has 1 aliphatic rings. The van der Waals surface area contributed by atoms with Gasteiger partial charge in [-0.15, -0.1) is 0 Å². The van der Waals surface area contributed by atoms with E-state index in [1.54, 1.807) is 6.07 Å². The number of amides is 1. The Labute approximate surface area is 114 Å². The predicted molar refractivity (Wildman–Crippen MR) is 75.7 cm³/mol. The van der Waals surface area contributed by atoms with Crippen molar-refractivity contribution in [1.82, 2.24) is 4.98 Å². The van der Waals surface area contributed by atoms with Crippen LogP contribution in [0.2, 0.25) is 0 Å². The van der Waals surface area contributed by atoms with Crippen LogP contribution in [-0.4, -0.2) is 10.9 Å². The molecule has 1 heterocycles. The van der Waals surface area contributed by atoms with Crippen molar-refractivity contribution in [2.24, 2.45) is 11.7 Å². The van der Waals surface area contributed by atoms with Crippen LogP contribution in [0.1, 0.15) is 35.0 Å². The topological polar surface area (TPSA) is 58.9 Å². The number of hydrogen-bond donors (Lipinski definition) is 2. The van der Waals surface area contributed by atoms with Crippen LogP contribution in [0.5, 0.6) is 0 Å². The van der Waals surface area contributed by atoms with Crippen LogP contribution in [0.3, 0.4) is 0 Å². The summed E-state index contributed by atoms with van der Waals surface area (Å²) in [4.78, 5) is 14.9. The average molecular weight is 307 g/mol. The van der Waals surface area contributed by atoms with Crippen LogP contribution in [0.25, 0.3) is 10.9 Å². The number of benzene rings is 1. The standard InChI is InChI=1S/C14H15BrN2O/c1-7-2-3-8-11(6-7)17-13-9(14(16)18)4-5-10(15)12(8)13/h4-5,7,17H,2-3,6H2,1H3,(H2,16,18). The number of aryl methyl sites for hydroxylation is 1. The Morgan fingerprint density at radius 2 is 2.28 bits per heavy atom. The normalized spacial score (nSPS) is 18.9. The Hall–Kier alpha value is -1.29. The molecule has 1 aromatic heterocycles. The van der Waals surface area contributed by atoms with Gasteiger partial charge < -0.3 is 10.7 Å². The molecule has 0 fully saturated rings. The molecule has 0 spiro atoms. The summed E-state index contributed by atoms with van der Waals surface area (Å²) >= 11 is 3.58. The summed E-state index contributed by atoms with van der Waals surface area (Å²) in [6.07, 6.45) is 3.32. The van der Waals surface area contributed by atoms with Gasteiger partial charge in [0.05, 0.1) is 11.1 Å². The summed E-state index contributed by atoms with van der Waals surface area (Å²) in [6.45, 7) is 2.26. The quantitative estimate of drug-likeness (QED) is 0.835. The Bertz CT molecular complexity index is 645. The van der Waals surface area contributed by atoms with E-state index in [4.69, 9.17) is 5.73 Å². The number of nitrogens with one attached hydrogen (secondary N) is 1. The monoisotopic (exact) mass is 306 g/mol. The third-order valence-corrected chi connectivity index (χ3v) is 4.46. The first-order valence-electron chi connectivity index (χ1n) is 6.19. The summed E-state index contributed by atoms with van der Waals surface area (Å²) in [5.74, 6) is 0.320. The fraction of sp³-hybridized carbons (Fsp3) is 0.357. The summed E-state index contributed by atoms with van der Waals surface area (Å²) in [7, 11) is 0. The Kier molecular flexibility index (Phi) is 2.70. The molecular weight excluding hydrogens is 292 g/mol. The molecule has 0 bridgehead atoms. The Morgan fingerprint density at radius 3 is 3.00 bits per heavy atom. The van der Waals surface area contributed by atoms with Gasteiger partial charge in [-0.2, -0.15) is 0 Å². The molecular formula is C14H15BrN2O. The molecule has 1 amide bonds. The van der Waals surface area contributed by atoms with Crippen LogP contribution in [0.4, 0.5) is 0 Å². The van der Waals surface area contributed by atoms with Crippen LogP contribution in [-0.2, 0) is 12.8 Å². The van der Waals surface area contributed by atoms with Gasteiger partial charge in [-0.1, -0.05) is 22.9 Å². The molecule has 4 heteroatoms. The van der Waals surface area contributed by atoms with E-state index in [9.17, 15) is 4.79 Å². The van der Waals surface area contributed by atoms with Gasteiger partial charge in [-0.25, -0.2) is 0 Å². The van der Waals surface area contributed by atoms with E-state index in [1.165, 1.54) is 17.7 Å². The lowest BCUT2D eigenvalue weighted by molar-refractivity contribution is 0.100. The summed E-state index contributed by atoms with van der Waals surface area (Å²) in [5.41, 5.74) is 9.51. The number of aromatic nitrogens is 1. The van der Waals surface area contributed by atoms with Crippen LogP contribution >= 0.6 is 15.9 Å². The van der Waals surface area contributed by atoms with Crippen molar-refractivity contribution >= 4 is 32.7 Å². The third kappa shape index (κ3) is 1.67. The number of fused-ring (bicyclic) bond motifs is 3. The minimum Gasteiger partial charge on any atom is -0.366 e. The first kappa shape index (κ1) is 11.8. The maximum absolute atomic E-state index is 11.5. The van der Waals surface area contributed by atoms with Crippen LogP contribution in [0, 0.1) is 5.92 Å². The van der Waals surface area contributed by atoms with Gasteiger partial charge in [0, 0.05) is 15.6 Å². The molecule has 0 saturated heterocycles. The highest BCUT2D eigenvalue weighted by Gasteiger charge is 2.23. The van der Waals surface area contributed by atoms with E-state index in [0.29, 0.717) is 11.5 Å². The number of carbonyl (C=O) groups excluding carboxylic acids is 1. The molecule has 3 N–H and O–H groups in total. The molecule has 94 valence electrons. The lowest BCUT2D eigenvalue weighted by atomic mass is 9.88. The highest BCUT2D eigenvalue weighted by Crippen LogP contribution is 2.36. The number of hydrogen-bond acceptors (Lipinski definition) is 1. The minimum absolute atomic E-state index is 0.376. The molecule has 0 radical (unpaired) electrons. The fourth-order valence-corrected chi connectivity index (χ4v) is 3.45. The highest BCUT2D eigenvalue weighted by atomic mass is 79.9. The first-order chi connectivity index (χ1) is 8.58. The molecule has 0 saturated carbocycles. The zero-order valence-electron chi connectivity index (χ0n) is 10.2. The number of primary amides is 1. The molecule has 1 atom stereocenters. The van der Waals surface area contributed by atoms with Crippen molar-refractivity contribution in [2.45, 2.75) is 26.2 Å². The largest absolute Gasteiger partial charge is 0.366 e. The van der Waals surface area contributed by atoms with Gasteiger partial charge in [0.25, 0.3) is 5.91 Å². The van der Waals surface area contributed by atoms with Gasteiger partial charge in [0.2, 0.25) is 0 Å². The number of carbonyl (C=O) groups is 1. The van der Waals surface area contributed by atoms with Crippen LogP contribution < -0.4 is 5.73 Å². The van der Waals surface area contributed by atoms with Gasteiger partial charge in [-0.3, -0.25) is 4.79 Å². The zero-order valence-corrected chi connectivity index (χ0v) is 11.8. The molecule has 3 rings (SSSR count). The fourth-order valence-electron chi connectivity index (χ4n) is 2.88. The minimum atomic E-state index is -0.376. The molecule has 0 aliphatic heterocycles. The van der Waals surface area contributed by atoms with Crippen molar-refractivity contribution in [2.75, 3.05) is 0 Å². The molecule has 1 aliphatic carbocycles. The van der Waals surface area contributed by atoms with E-state index in [-0.39, 0.29) is 5.91 Å². The molecule has 1 aromatic carbocycles. The number of rotatable bonds is 1. The molecule has 18 heavy (non-hydrogen) atoms. The maximum Gasteiger partial charge on any atom is 0.250 e. The maximum atomic E-state index is 11.5. The van der Waals surface area contributed by atoms with Crippen LogP contribution in [0.15, 0.2) is 16.6 Å². The SMILES string of the molecule is CC1CCc2c([nH]c3c(C(N)=O)ccc(Br)c23)C1. The molecule has 2 aromatic rings. The van der Waals surface area contributed by atoms with E-state index in [0.717, 1.165) is 28.2 Å². The van der Waals surface area contributed by atoms with Crippen molar-refractivity contribution in [3.05, 3.63) is 33.4 Å². The van der Waals surface area contributed by atoms with E-state index in [2.05, 4.69) is 27.8 Å². The van der Waals surface area contributed by atoms with Gasteiger partial charge in [0.15, 0.2) is 0 Å². The van der Waals surface area contributed by atoms with E-state index in [1.807, 2.05) is 6.07 Å². The predicted octanol–water partition coefficient (Wildman–Crippen LogP) is 3.15. The second kappa shape index (κ2) is 4.12. The van der Waals surface area contributed by atoms with Gasteiger partial charge >= 0.3 is 0 Å². The third-order valence-electron chi connectivity index (χ3n) is 3.80. The second-order valence-electron chi connectivity index (χ2n) is 5.14. The van der Waals surface area contributed by atoms with Crippen molar-refractivity contribution < 1.29 is 4.79 Å². The Morgan fingerprint density at radius 1 is 1.50 bits per heavy atom. The lowest BCUT2D eigenvalue weighted by Gasteiger charge is -2.18. The number of aromatic amines is 1. The van der Waals surface area contributed by atoms with Crippen molar-refractivity contribution in [3.8, 4) is 0 Å². The summed E-state index contributed by atoms with van der Waals surface area (Å²) in [5, 5.41) is 1.13. The number of halogens is 1. The summed E-state index contributed by atoms with van der Waals surface area (Å²) in [6, 6.07) is 3.69. The van der Waals surface area contributed by atoms with Gasteiger partial charge in [0.1, 0.15) is 0 Å². The average Bonchev–Trinajstić information content (AvgIpc) is 2.67. The van der Waals surface area contributed by atoms with Crippen molar-refractivity contribution in [3.63, 3.8) is 0 Å². The smallest absolute Gasteiger partial charge is 0.250 e. The van der Waals surface area contributed by atoms with Gasteiger partial charge in [-0.05, 0) is 42.9 Å². The Balaban J connectivity index is 2.33.